The number of benzene rings is 2. The zero-order chi connectivity index (χ0) is 24.2. The number of aryl methyl sites for hydroxylation is 1. The van der Waals surface area contributed by atoms with Gasteiger partial charge in [0.05, 0.1) is 30.0 Å². The van der Waals surface area contributed by atoms with Crippen molar-refractivity contribution < 1.29 is 23.9 Å². The number of esters is 1. The zero-order valence-electron chi connectivity index (χ0n) is 19.5. The van der Waals surface area contributed by atoms with Gasteiger partial charge >= 0.3 is 12.0 Å². The van der Waals surface area contributed by atoms with Crippen LogP contribution in [0.25, 0.3) is 0 Å². The third kappa shape index (κ3) is 4.53. The summed E-state index contributed by atoms with van der Waals surface area (Å²) in [5, 5.41) is 2.73. The molecule has 0 aromatic heterocycles. The molecule has 2 aromatic carbocycles. The zero-order valence-corrected chi connectivity index (χ0v) is 19.5. The number of nitrogens with zero attached hydrogens (tertiary/aromatic N) is 2. The van der Waals surface area contributed by atoms with Crippen LogP contribution in [0.2, 0.25) is 0 Å². The van der Waals surface area contributed by atoms with E-state index in [0.717, 1.165) is 24.8 Å². The van der Waals surface area contributed by atoms with Gasteiger partial charge in [-0.15, -0.1) is 0 Å². The van der Waals surface area contributed by atoms with Gasteiger partial charge in [0.2, 0.25) is 11.8 Å². The van der Waals surface area contributed by atoms with E-state index in [4.69, 9.17) is 4.74 Å². The van der Waals surface area contributed by atoms with Gasteiger partial charge in [0.15, 0.2) is 0 Å². The van der Waals surface area contributed by atoms with Gasteiger partial charge in [-0.2, -0.15) is 0 Å². The third-order valence-corrected chi connectivity index (χ3v) is 6.63. The van der Waals surface area contributed by atoms with E-state index in [9.17, 15) is 19.2 Å². The molecule has 2 unspecified atom stereocenters. The summed E-state index contributed by atoms with van der Waals surface area (Å²) in [6.07, 6.45) is 4.03. The lowest BCUT2D eigenvalue weighted by Gasteiger charge is -2.46. The van der Waals surface area contributed by atoms with Crippen molar-refractivity contribution >= 4 is 35.2 Å². The Balaban J connectivity index is 1.59. The van der Waals surface area contributed by atoms with Crippen molar-refractivity contribution in [1.29, 1.82) is 0 Å². The van der Waals surface area contributed by atoms with Crippen molar-refractivity contribution in [3.63, 3.8) is 0 Å². The number of imide groups is 1. The Morgan fingerprint density at radius 3 is 2.44 bits per heavy atom. The average Bonchev–Trinajstić information content (AvgIpc) is 2.87. The highest BCUT2D eigenvalue weighted by atomic mass is 16.5. The van der Waals surface area contributed by atoms with E-state index < -0.39 is 17.9 Å². The molecule has 8 nitrogen and oxygen atoms in total. The molecule has 2 aromatic rings. The van der Waals surface area contributed by atoms with Crippen LogP contribution in [0.1, 0.15) is 48.5 Å². The highest BCUT2D eigenvalue weighted by Gasteiger charge is 2.48. The Bertz CT molecular complexity index is 1100. The van der Waals surface area contributed by atoms with Gasteiger partial charge in [0.1, 0.15) is 6.54 Å². The van der Waals surface area contributed by atoms with E-state index in [-0.39, 0.29) is 30.0 Å². The SMILES string of the molecule is CCc1ccc(N2C(=O)C3CCCCC3N(CC(=O)Nc3ccccc3C(=O)OC)C2=O)cc1. The second-order valence-electron chi connectivity index (χ2n) is 8.65. The van der Waals surface area contributed by atoms with Crippen LogP contribution in [0.3, 0.4) is 0 Å². The van der Waals surface area contributed by atoms with Crippen molar-refractivity contribution in [3.05, 3.63) is 59.7 Å². The number of rotatable bonds is 6. The normalized spacial score (nSPS) is 20.1. The van der Waals surface area contributed by atoms with Gasteiger partial charge in [0.25, 0.3) is 0 Å². The number of para-hydroxylation sites is 1. The molecule has 1 aliphatic heterocycles. The van der Waals surface area contributed by atoms with Crippen molar-refractivity contribution in [3.8, 4) is 0 Å². The molecule has 1 N–H and O–H groups in total. The number of nitrogens with one attached hydrogen (secondary N) is 1. The fourth-order valence-corrected chi connectivity index (χ4v) is 4.83. The van der Waals surface area contributed by atoms with Crippen LogP contribution in [0, 0.1) is 5.92 Å². The lowest BCUT2D eigenvalue weighted by Crippen LogP contribution is -2.64. The quantitative estimate of drug-likeness (QED) is 0.653. The van der Waals surface area contributed by atoms with Crippen LogP contribution in [0.5, 0.6) is 0 Å². The van der Waals surface area contributed by atoms with Crippen LogP contribution >= 0.6 is 0 Å². The van der Waals surface area contributed by atoms with Crippen LogP contribution in [-0.2, 0) is 20.7 Å². The average molecular weight is 464 g/mol. The topological polar surface area (TPSA) is 96.0 Å². The Hall–Kier alpha value is -3.68. The van der Waals surface area contributed by atoms with Crippen LogP contribution in [0.4, 0.5) is 16.2 Å². The van der Waals surface area contributed by atoms with Crippen LogP contribution in [0.15, 0.2) is 48.5 Å². The largest absolute Gasteiger partial charge is 0.465 e. The highest BCUT2D eigenvalue weighted by Crippen LogP contribution is 2.36. The van der Waals surface area contributed by atoms with E-state index in [1.165, 1.54) is 16.9 Å². The molecule has 0 bridgehead atoms. The van der Waals surface area contributed by atoms with E-state index in [1.807, 2.05) is 19.1 Å². The summed E-state index contributed by atoms with van der Waals surface area (Å²) < 4.78 is 4.79. The van der Waals surface area contributed by atoms with Crippen LogP contribution < -0.4 is 10.2 Å². The van der Waals surface area contributed by atoms with Crippen LogP contribution in [-0.4, -0.2) is 48.4 Å². The number of carbonyl (C=O) groups excluding carboxylic acids is 4. The van der Waals surface area contributed by atoms with E-state index in [1.54, 1.807) is 36.4 Å². The number of urea groups is 1. The maximum Gasteiger partial charge on any atom is 0.339 e. The van der Waals surface area contributed by atoms with E-state index in [0.29, 0.717) is 24.2 Å². The summed E-state index contributed by atoms with van der Waals surface area (Å²) in [6.45, 7) is 1.82. The highest BCUT2D eigenvalue weighted by molar-refractivity contribution is 6.17. The first-order valence-electron chi connectivity index (χ1n) is 11.6. The molecule has 1 heterocycles. The fourth-order valence-electron chi connectivity index (χ4n) is 4.83. The molecule has 0 radical (unpaired) electrons. The molecule has 0 spiro atoms. The summed E-state index contributed by atoms with van der Waals surface area (Å²) in [5.41, 5.74) is 2.16. The van der Waals surface area contributed by atoms with Crippen molar-refractivity contribution in [2.45, 2.75) is 45.1 Å². The summed E-state index contributed by atoms with van der Waals surface area (Å²) in [4.78, 5) is 54.6. The number of anilines is 2. The second-order valence-corrected chi connectivity index (χ2v) is 8.65. The Labute approximate surface area is 198 Å². The van der Waals surface area contributed by atoms with Gasteiger partial charge in [-0.1, -0.05) is 44.0 Å². The molecule has 178 valence electrons. The molecule has 4 rings (SSSR count). The number of methoxy groups -OCH3 is 1. The van der Waals surface area contributed by atoms with Gasteiger partial charge in [-0.3, -0.25) is 9.59 Å². The monoisotopic (exact) mass is 463 g/mol. The van der Waals surface area contributed by atoms with Gasteiger partial charge in [0, 0.05) is 6.04 Å². The summed E-state index contributed by atoms with van der Waals surface area (Å²) in [6, 6.07) is 13.1. The molecule has 2 atom stereocenters. The number of ether oxygens (including phenoxy) is 1. The lowest BCUT2D eigenvalue weighted by atomic mass is 9.81. The number of fused-ring (bicyclic) bond motifs is 1. The van der Waals surface area contributed by atoms with Crippen molar-refractivity contribution in [2.24, 2.45) is 5.92 Å². The minimum atomic E-state index is -0.565. The lowest BCUT2D eigenvalue weighted by molar-refractivity contribution is -0.128. The van der Waals surface area contributed by atoms with Gasteiger partial charge < -0.3 is 15.0 Å². The minimum Gasteiger partial charge on any atom is -0.465 e. The van der Waals surface area contributed by atoms with E-state index in [2.05, 4.69) is 5.32 Å². The third-order valence-electron chi connectivity index (χ3n) is 6.63. The maximum atomic E-state index is 13.5. The summed E-state index contributed by atoms with van der Waals surface area (Å²) in [7, 11) is 1.27. The summed E-state index contributed by atoms with van der Waals surface area (Å²) in [5.74, 6) is -1.55. The molecule has 34 heavy (non-hydrogen) atoms. The number of amides is 4. The summed E-state index contributed by atoms with van der Waals surface area (Å²) >= 11 is 0. The predicted octanol–water partition coefficient (Wildman–Crippen LogP) is 4.00. The first-order valence-corrected chi connectivity index (χ1v) is 11.6. The Morgan fingerprint density at radius 2 is 1.74 bits per heavy atom. The molecular formula is C26H29N3O5. The smallest absolute Gasteiger partial charge is 0.339 e. The molecule has 2 fully saturated rings. The predicted molar refractivity (Wildman–Crippen MR) is 128 cm³/mol. The first kappa shape index (κ1) is 23.5. The molecule has 8 heteroatoms. The molecule has 2 aliphatic rings. The number of hydrogen-bond donors (Lipinski definition) is 1. The molecule has 1 saturated heterocycles. The number of hydrogen-bond acceptors (Lipinski definition) is 5. The molecular weight excluding hydrogens is 434 g/mol. The van der Waals surface area contributed by atoms with Crippen molar-refractivity contribution in [2.75, 3.05) is 23.9 Å². The first-order chi connectivity index (χ1) is 16.4. The Morgan fingerprint density at radius 1 is 1.03 bits per heavy atom. The standard InChI is InChI=1S/C26H29N3O5/c1-3-17-12-14-18(15-13-17)29-24(31)20-9-5-7-11-22(20)28(26(29)33)16-23(30)27-21-10-6-4-8-19(21)25(32)34-2/h4,6,8,10,12-15,20,22H,3,5,7,9,11,16H2,1-2H3,(H,27,30). The molecule has 4 amide bonds. The van der Waals surface area contributed by atoms with Crippen molar-refractivity contribution in [1.82, 2.24) is 4.90 Å². The number of carbonyl (C=O) groups is 4. The maximum absolute atomic E-state index is 13.5. The molecule has 1 saturated carbocycles. The minimum absolute atomic E-state index is 0.202. The van der Waals surface area contributed by atoms with Gasteiger partial charge in [-0.05, 0) is 49.1 Å². The Kier molecular flexibility index (Phi) is 6.95. The second kappa shape index (κ2) is 10.1. The van der Waals surface area contributed by atoms with Gasteiger partial charge in [-0.25, -0.2) is 14.5 Å². The fraction of sp³-hybridized carbons (Fsp3) is 0.385. The van der Waals surface area contributed by atoms with E-state index >= 15 is 0 Å². The molecule has 1 aliphatic carbocycles.